The van der Waals surface area contributed by atoms with Gasteiger partial charge in [-0.2, -0.15) is 0 Å². The zero-order valence-electron chi connectivity index (χ0n) is 9.43. The van der Waals surface area contributed by atoms with E-state index in [-0.39, 0.29) is 16.9 Å². The molecular weight excluding hydrogens is 215 g/mol. The van der Waals surface area contributed by atoms with E-state index in [0.717, 1.165) is 19.3 Å². The van der Waals surface area contributed by atoms with Crippen molar-refractivity contribution >= 4 is 7.82 Å². The van der Waals surface area contributed by atoms with Crippen LogP contribution in [0.2, 0.25) is 0 Å². The molecule has 2 aliphatic carbocycles. The molecule has 5 heteroatoms. The fourth-order valence-corrected chi connectivity index (χ4v) is 4.11. The molecule has 0 radical (unpaired) electrons. The first-order chi connectivity index (χ1) is 6.67. The summed E-state index contributed by atoms with van der Waals surface area (Å²) in [7, 11) is -4.34. The van der Waals surface area contributed by atoms with Crippen LogP contribution in [0.5, 0.6) is 0 Å². The maximum absolute atomic E-state index is 10.9. The minimum absolute atomic E-state index is 0.0845. The molecule has 0 amide bonds. The largest absolute Gasteiger partial charge is 0.469 e. The van der Waals surface area contributed by atoms with E-state index in [1.807, 2.05) is 0 Å². The van der Waals surface area contributed by atoms with Crippen molar-refractivity contribution in [3.05, 3.63) is 0 Å². The fraction of sp³-hybridized carbons (Fsp3) is 1.00. The van der Waals surface area contributed by atoms with Crippen LogP contribution < -0.4 is 0 Å². The Bertz CT molecular complexity index is 321. The van der Waals surface area contributed by atoms with Crippen LogP contribution in [0.4, 0.5) is 0 Å². The number of fused-ring (bicyclic) bond motifs is 2. The normalized spacial score (nSPS) is 43.5. The van der Waals surface area contributed by atoms with Crippen molar-refractivity contribution in [2.24, 2.45) is 16.7 Å². The summed E-state index contributed by atoms with van der Waals surface area (Å²) in [6.07, 6.45) is 2.67. The van der Waals surface area contributed by atoms with Gasteiger partial charge in [0.15, 0.2) is 0 Å². The summed E-state index contributed by atoms with van der Waals surface area (Å²) in [6.45, 7) is 6.47. The Morgan fingerprint density at radius 1 is 1.33 bits per heavy atom. The van der Waals surface area contributed by atoms with E-state index in [1.54, 1.807) is 0 Å². The van der Waals surface area contributed by atoms with Crippen LogP contribution in [-0.2, 0) is 9.09 Å². The molecule has 2 fully saturated rings. The number of hydrogen-bond acceptors (Lipinski definition) is 2. The fourth-order valence-electron chi connectivity index (χ4n) is 3.46. The average molecular weight is 234 g/mol. The molecule has 2 N–H and O–H groups in total. The number of phosphoric ester groups is 1. The van der Waals surface area contributed by atoms with E-state index < -0.39 is 7.82 Å². The molecule has 15 heavy (non-hydrogen) atoms. The van der Waals surface area contributed by atoms with Crippen LogP contribution in [0.1, 0.15) is 40.0 Å². The van der Waals surface area contributed by atoms with E-state index in [0.29, 0.717) is 5.92 Å². The molecule has 0 spiro atoms. The maximum atomic E-state index is 10.9. The minimum atomic E-state index is -4.34. The van der Waals surface area contributed by atoms with Crippen molar-refractivity contribution in [2.75, 3.05) is 0 Å². The molecule has 2 rings (SSSR count). The van der Waals surface area contributed by atoms with Gasteiger partial charge in [0.2, 0.25) is 0 Å². The molecule has 4 nitrogen and oxygen atoms in total. The molecule has 0 unspecified atom stereocenters. The van der Waals surface area contributed by atoms with Crippen LogP contribution in [0.15, 0.2) is 0 Å². The van der Waals surface area contributed by atoms with Gasteiger partial charge in [-0.3, -0.25) is 4.52 Å². The maximum Gasteiger partial charge on any atom is 0.469 e. The summed E-state index contributed by atoms with van der Waals surface area (Å²) in [5.41, 5.74) is 0.0472. The monoisotopic (exact) mass is 234 g/mol. The highest BCUT2D eigenvalue weighted by molar-refractivity contribution is 7.46. The highest BCUT2D eigenvalue weighted by Gasteiger charge is 2.62. The van der Waals surface area contributed by atoms with Crippen LogP contribution in [0.3, 0.4) is 0 Å². The zero-order chi connectivity index (χ0) is 11.5. The molecule has 2 aliphatic rings. The highest BCUT2D eigenvalue weighted by atomic mass is 31.2. The number of hydrogen-bond donors (Lipinski definition) is 2. The molecule has 2 bridgehead atoms. The molecule has 0 saturated heterocycles. The predicted octanol–water partition coefficient (Wildman–Crippen LogP) is 2.31. The smallest absolute Gasteiger partial charge is 0.303 e. The van der Waals surface area contributed by atoms with Crippen molar-refractivity contribution in [1.29, 1.82) is 0 Å². The quantitative estimate of drug-likeness (QED) is 0.719. The summed E-state index contributed by atoms with van der Waals surface area (Å²) in [6, 6.07) is 0. The topological polar surface area (TPSA) is 66.8 Å². The SMILES string of the molecule is CC1(C)[C@@H]2CC[C@]1(C)[C@@H](OP(=O)(O)O)C2. The lowest BCUT2D eigenvalue weighted by molar-refractivity contribution is 0.0108. The first kappa shape index (κ1) is 11.6. The molecule has 0 aromatic heterocycles. The van der Waals surface area contributed by atoms with Gasteiger partial charge < -0.3 is 9.79 Å². The third kappa shape index (κ3) is 1.59. The molecule has 2 saturated carbocycles. The van der Waals surface area contributed by atoms with Gasteiger partial charge in [-0.25, -0.2) is 4.57 Å². The Labute approximate surface area is 90.3 Å². The average Bonchev–Trinajstić information content (AvgIpc) is 2.34. The van der Waals surface area contributed by atoms with Gasteiger partial charge in [0.05, 0.1) is 6.10 Å². The summed E-state index contributed by atoms with van der Waals surface area (Å²) in [5.74, 6) is 0.541. The predicted molar refractivity (Wildman–Crippen MR) is 56.1 cm³/mol. The van der Waals surface area contributed by atoms with Crippen molar-refractivity contribution in [1.82, 2.24) is 0 Å². The summed E-state index contributed by atoms with van der Waals surface area (Å²) in [4.78, 5) is 17.8. The van der Waals surface area contributed by atoms with Crippen molar-refractivity contribution in [2.45, 2.75) is 46.1 Å². The van der Waals surface area contributed by atoms with Gasteiger partial charge in [-0.05, 0) is 36.0 Å². The second-order valence-electron chi connectivity index (χ2n) is 5.70. The van der Waals surface area contributed by atoms with E-state index in [9.17, 15) is 4.57 Å². The second kappa shape index (κ2) is 3.07. The molecule has 88 valence electrons. The summed E-state index contributed by atoms with van der Waals surface area (Å²) >= 11 is 0. The lowest BCUT2D eigenvalue weighted by atomic mass is 9.70. The Morgan fingerprint density at radius 3 is 2.27 bits per heavy atom. The van der Waals surface area contributed by atoms with E-state index in [1.165, 1.54) is 0 Å². The summed E-state index contributed by atoms with van der Waals surface area (Å²) < 4.78 is 15.8. The van der Waals surface area contributed by atoms with Crippen molar-refractivity contribution in [3.63, 3.8) is 0 Å². The van der Waals surface area contributed by atoms with Gasteiger partial charge in [-0.15, -0.1) is 0 Å². The Hall–Kier alpha value is 0.110. The van der Waals surface area contributed by atoms with Crippen LogP contribution in [0, 0.1) is 16.7 Å². The van der Waals surface area contributed by atoms with E-state index >= 15 is 0 Å². The highest BCUT2D eigenvalue weighted by Crippen LogP contribution is 2.67. The third-order valence-corrected chi connectivity index (χ3v) is 5.51. The van der Waals surface area contributed by atoms with Crippen molar-refractivity contribution in [3.8, 4) is 0 Å². The zero-order valence-corrected chi connectivity index (χ0v) is 10.3. The van der Waals surface area contributed by atoms with Gasteiger partial charge in [0, 0.05) is 0 Å². The first-order valence-electron chi connectivity index (χ1n) is 5.41. The Morgan fingerprint density at radius 2 is 1.93 bits per heavy atom. The lowest BCUT2D eigenvalue weighted by Crippen LogP contribution is -2.36. The van der Waals surface area contributed by atoms with Crippen molar-refractivity contribution < 1.29 is 18.9 Å². The lowest BCUT2D eigenvalue weighted by Gasteiger charge is -2.38. The van der Waals surface area contributed by atoms with E-state index in [4.69, 9.17) is 14.3 Å². The van der Waals surface area contributed by atoms with Crippen LogP contribution >= 0.6 is 7.82 Å². The first-order valence-corrected chi connectivity index (χ1v) is 6.94. The molecular formula is C10H19O4P. The van der Waals surface area contributed by atoms with Crippen LogP contribution in [-0.4, -0.2) is 15.9 Å². The van der Waals surface area contributed by atoms with Gasteiger partial charge in [-0.1, -0.05) is 20.8 Å². The standard InChI is InChI=1S/C10H19O4P/c1-9(2)7-4-5-10(9,3)8(6-7)14-15(11,12)13/h7-8H,4-6H2,1-3H3,(H2,11,12,13)/t7-,8+,10-/m1/s1. The minimum Gasteiger partial charge on any atom is -0.303 e. The molecule has 3 atom stereocenters. The Balaban J connectivity index is 2.23. The number of phosphoric acid groups is 1. The van der Waals surface area contributed by atoms with Crippen LogP contribution in [0.25, 0.3) is 0 Å². The molecule has 0 aromatic carbocycles. The third-order valence-electron chi connectivity index (χ3n) is 4.98. The number of rotatable bonds is 2. The molecule has 0 aliphatic heterocycles. The van der Waals surface area contributed by atoms with Gasteiger partial charge in [0.25, 0.3) is 0 Å². The Kier molecular flexibility index (Phi) is 2.37. The van der Waals surface area contributed by atoms with E-state index in [2.05, 4.69) is 20.8 Å². The van der Waals surface area contributed by atoms with Gasteiger partial charge >= 0.3 is 7.82 Å². The summed E-state index contributed by atoms with van der Waals surface area (Å²) in [5, 5.41) is 0. The second-order valence-corrected chi connectivity index (χ2v) is 6.89. The van der Waals surface area contributed by atoms with Gasteiger partial charge in [0.1, 0.15) is 0 Å². The molecule has 0 heterocycles. The molecule has 0 aromatic rings.